The van der Waals surface area contributed by atoms with Gasteiger partial charge in [0, 0.05) is 40.9 Å². The standard InChI is InChI=1S/C30H34Cl2N2O2S/c1-3-4-17-33-30(36)28(18-23-12-6-5-7-13-23)34(19-25-26(31)15-10-16-27(25)32)29(35)21-37-20-24-14-9-8-11-22(24)2/h5-16,28H,3-4,17-21H2,1-2H3,(H,33,36). The van der Waals surface area contributed by atoms with Crippen LogP contribution in [0.1, 0.15) is 42.0 Å². The third-order valence-corrected chi connectivity index (χ3v) is 7.91. The van der Waals surface area contributed by atoms with Crippen molar-refractivity contribution >= 4 is 46.8 Å². The molecule has 0 radical (unpaired) electrons. The van der Waals surface area contributed by atoms with E-state index in [1.54, 1.807) is 34.9 Å². The molecule has 0 heterocycles. The van der Waals surface area contributed by atoms with Crippen molar-refractivity contribution in [3.05, 3.63) is 105 Å². The monoisotopic (exact) mass is 556 g/mol. The van der Waals surface area contributed by atoms with E-state index in [1.807, 2.05) is 42.5 Å². The fraction of sp³-hybridized carbons (Fsp3) is 0.333. The molecule has 7 heteroatoms. The lowest BCUT2D eigenvalue weighted by Crippen LogP contribution is -2.51. The minimum atomic E-state index is -0.696. The van der Waals surface area contributed by atoms with Crippen LogP contribution < -0.4 is 5.32 Å². The summed E-state index contributed by atoms with van der Waals surface area (Å²) < 4.78 is 0. The molecule has 1 unspecified atom stereocenters. The number of nitrogens with zero attached hydrogens (tertiary/aromatic N) is 1. The molecule has 196 valence electrons. The van der Waals surface area contributed by atoms with Gasteiger partial charge in [0.15, 0.2) is 0 Å². The van der Waals surface area contributed by atoms with Crippen LogP contribution in [-0.2, 0) is 28.3 Å². The number of carbonyl (C=O) groups is 2. The number of unbranched alkanes of at least 4 members (excludes halogenated alkanes) is 1. The number of hydrogen-bond donors (Lipinski definition) is 1. The van der Waals surface area contributed by atoms with Crippen molar-refractivity contribution in [2.75, 3.05) is 12.3 Å². The van der Waals surface area contributed by atoms with Gasteiger partial charge in [-0.3, -0.25) is 9.59 Å². The summed E-state index contributed by atoms with van der Waals surface area (Å²) >= 11 is 14.5. The number of aryl methyl sites for hydroxylation is 1. The summed E-state index contributed by atoms with van der Waals surface area (Å²) in [5.74, 6) is 0.661. The van der Waals surface area contributed by atoms with Crippen LogP contribution in [0.25, 0.3) is 0 Å². The highest BCUT2D eigenvalue weighted by Crippen LogP contribution is 2.28. The molecule has 0 spiro atoms. The molecular formula is C30H34Cl2N2O2S. The van der Waals surface area contributed by atoms with E-state index >= 15 is 0 Å². The van der Waals surface area contributed by atoms with Gasteiger partial charge in [-0.05, 0) is 42.2 Å². The van der Waals surface area contributed by atoms with Crippen LogP contribution in [-0.4, -0.2) is 35.1 Å². The van der Waals surface area contributed by atoms with E-state index in [9.17, 15) is 9.59 Å². The van der Waals surface area contributed by atoms with E-state index in [-0.39, 0.29) is 24.1 Å². The number of amides is 2. The quantitative estimate of drug-likeness (QED) is 0.228. The van der Waals surface area contributed by atoms with Gasteiger partial charge >= 0.3 is 0 Å². The van der Waals surface area contributed by atoms with E-state index in [0.29, 0.717) is 34.3 Å². The first kappa shape index (κ1) is 29.1. The summed E-state index contributed by atoms with van der Waals surface area (Å²) in [6.45, 7) is 4.87. The van der Waals surface area contributed by atoms with E-state index in [4.69, 9.17) is 23.2 Å². The number of rotatable bonds is 13. The lowest BCUT2D eigenvalue weighted by atomic mass is 10.0. The molecule has 2 amide bonds. The van der Waals surface area contributed by atoms with Gasteiger partial charge in [-0.1, -0.05) is 97.2 Å². The molecule has 3 aromatic carbocycles. The number of carbonyl (C=O) groups excluding carboxylic acids is 2. The van der Waals surface area contributed by atoms with Crippen molar-refractivity contribution in [3.63, 3.8) is 0 Å². The summed E-state index contributed by atoms with van der Waals surface area (Å²) in [5, 5.41) is 3.99. The van der Waals surface area contributed by atoms with Gasteiger partial charge in [0.1, 0.15) is 6.04 Å². The van der Waals surface area contributed by atoms with Crippen LogP contribution in [0.15, 0.2) is 72.8 Å². The minimum Gasteiger partial charge on any atom is -0.354 e. The predicted octanol–water partition coefficient (Wildman–Crippen LogP) is 7.09. The van der Waals surface area contributed by atoms with Gasteiger partial charge in [-0.2, -0.15) is 0 Å². The van der Waals surface area contributed by atoms with Gasteiger partial charge in [0.2, 0.25) is 11.8 Å². The molecule has 4 nitrogen and oxygen atoms in total. The van der Waals surface area contributed by atoms with Gasteiger partial charge < -0.3 is 10.2 Å². The molecule has 1 atom stereocenters. The highest BCUT2D eigenvalue weighted by Gasteiger charge is 2.31. The molecule has 0 saturated heterocycles. The number of benzene rings is 3. The van der Waals surface area contributed by atoms with Gasteiger partial charge in [-0.25, -0.2) is 0 Å². The second-order valence-electron chi connectivity index (χ2n) is 8.99. The Hall–Kier alpha value is -2.47. The Labute approximate surface area is 234 Å². The second kappa shape index (κ2) is 15.1. The first-order valence-corrected chi connectivity index (χ1v) is 14.5. The van der Waals surface area contributed by atoms with E-state index in [1.165, 1.54) is 11.1 Å². The Balaban J connectivity index is 1.88. The Kier molecular flexibility index (Phi) is 11.8. The number of nitrogens with one attached hydrogen (secondary N) is 1. The van der Waals surface area contributed by atoms with Crippen molar-refractivity contribution < 1.29 is 9.59 Å². The zero-order valence-corrected chi connectivity index (χ0v) is 23.7. The van der Waals surface area contributed by atoms with Crippen LogP contribution in [0.4, 0.5) is 0 Å². The third-order valence-electron chi connectivity index (χ3n) is 6.24. The zero-order valence-electron chi connectivity index (χ0n) is 21.4. The normalized spacial score (nSPS) is 11.7. The van der Waals surface area contributed by atoms with Crippen molar-refractivity contribution in [1.82, 2.24) is 10.2 Å². The second-order valence-corrected chi connectivity index (χ2v) is 10.8. The van der Waals surface area contributed by atoms with Crippen molar-refractivity contribution in [2.24, 2.45) is 0 Å². The Morgan fingerprint density at radius 1 is 0.946 bits per heavy atom. The molecule has 0 bridgehead atoms. The Bertz CT molecular complexity index is 1150. The summed E-state index contributed by atoms with van der Waals surface area (Å²) in [5.41, 5.74) is 4.01. The maximum atomic E-state index is 13.8. The van der Waals surface area contributed by atoms with Crippen molar-refractivity contribution in [3.8, 4) is 0 Å². The summed E-state index contributed by atoms with van der Waals surface area (Å²) in [4.78, 5) is 28.9. The highest BCUT2D eigenvalue weighted by atomic mass is 35.5. The van der Waals surface area contributed by atoms with E-state index in [0.717, 1.165) is 18.4 Å². The van der Waals surface area contributed by atoms with Crippen LogP contribution in [0.3, 0.4) is 0 Å². The summed E-state index contributed by atoms with van der Waals surface area (Å²) in [6, 6.07) is 22.5. The maximum absolute atomic E-state index is 13.8. The zero-order chi connectivity index (χ0) is 26.6. The van der Waals surface area contributed by atoms with E-state index in [2.05, 4.69) is 31.3 Å². The first-order valence-electron chi connectivity index (χ1n) is 12.6. The summed E-state index contributed by atoms with van der Waals surface area (Å²) in [7, 11) is 0. The average molecular weight is 558 g/mol. The molecule has 0 aliphatic carbocycles. The highest BCUT2D eigenvalue weighted by molar-refractivity contribution is 7.99. The number of thioether (sulfide) groups is 1. The van der Waals surface area contributed by atoms with Crippen LogP contribution in [0.2, 0.25) is 10.0 Å². The van der Waals surface area contributed by atoms with Crippen LogP contribution >= 0.6 is 35.0 Å². The van der Waals surface area contributed by atoms with Crippen molar-refractivity contribution in [2.45, 2.75) is 51.4 Å². The molecule has 0 saturated carbocycles. The van der Waals surface area contributed by atoms with Crippen molar-refractivity contribution in [1.29, 1.82) is 0 Å². The Morgan fingerprint density at radius 2 is 1.62 bits per heavy atom. The molecule has 37 heavy (non-hydrogen) atoms. The molecule has 3 aromatic rings. The molecule has 0 aliphatic rings. The van der Waals surface area contributed by atoms with Gasteiger partial charge in [0.25, 0.3) is 0 Å². The molecule has 1 N–H and O–H groups in total. The lowest BCUT2D eigenvalue weighted by Gasteiger charge is -2.32. The fourth-order valence-corrected chi connectivity index (χ4v) is 5.52. The predicted molar refractivity (Wildman–Crippen MR) is 156 cm³/mol. The smallest absolute Gasteiger partial charge is 0.243 e. The third kappa shape index (κ3) is 8.80. The largest absolute Gasteiger partial charge is 0.354 e. The lowest BCUT2D eigenvalue weighted by molar-refractivity contribution is -0.139. The molecular weight excluding hydrogens is 523 g/mol. The number of halogens is 2. The van der Waals surface area contributed by atoms with Gasteiger partial charge in [-0.15, -0.1) is 11.8 Å². The van der Waals surface area contributed by atoms with E-state index < -0.39 is 6.04 Å². The average Bonchev–Trinajstić information content (AvgIpc) is 2.89. The maximum Gasteiger partial charge on any atom is 0.243 e. The van der Waals surface area contributed by atoms with Crippen LogP contribution in [0, 0.1) is 6.92 Å². The minimum absolute atomic E-state index is 0.124. The SMILES string of the molecule is CCCCNC(=O)C(Cc1ccccc1)N(Cc1c(Cl)cccc1Cl)C(=O)CSCc1ccccc1C. The topological polar surface area (TPSA) is 49.4 Å². The van der Waals surface area contributed by atoms with Gasteiger partial charge in [0.05, 0.1) is 5.75 Å². The van der Waals surface area contributed by atoms with Crippen LogP contribution in [0.5, 0.6) is 0 Å². The molecule has 0 fully saturated rings. The fourth-order valence-electron chi connectivity index (χ4n) is 4.02. The summed E-state index contributed by atoms with van der Waals surface area (Å²) in [6.07, 6.45) is 2.24. The molecule has 0 aromatic heterocycles. The molecule has 0 aliphatic heterocycles. The molecule has 3 rings (SSSR count). The first-order chi connectivity index (χ1) is 17.9. The number of hydrogen-bond acceptors (Lipinski definition) is 3. The Morgan fingerprint density at radius 3 is 2.30 bits per heavy atom.